The number of nitrogens with zero attached hydrogens (tertiary/aromatic N) is 2. The monoisotopic (exact) mass is 334 g/mol. The molecule has 1 aliphatic rings. The van der Waals surface area contributed by atoms with E-state index in [2.05, 4.69) is 15.6 Å². The van der Waals surface area contributed by atoms with Crippen LogP contribution < -0.4 is 15.5 Å². The van der Waals surface area contributed by atoms with Gasteiger partial charge in [-0.1, -0.05) is 0 Å². The number of pyridine rings is 1. The molecule has 1 unspecified atom stereocenters. The van der Waals surface area contributed by atoms with Crippen molar-refractivity contribution in [2.75, 3.05) is 38.6 Å². The van der Waals surface area contributed by atoms with Crippen molar-refractivity contribution in [3.8, 4) is 0 Å². The van der Waals surface area contributed by atoms with E-state index in [0.717, 1.165) is 31.9 Å². The molecule has 1 amide bonds. The Labute approximate surface area is 138 Å². The quantitative estimate of drug-likeness (QED) is 0.860. The fraction of sp³-hybridized carbons (Fsp3) is 0.571. The summed E-state index contributed by atoms with van der Waals surface area (Å²) in [4.78, 5) is 18.1. The third-order valence-corrected chi connectivity index (χ3v) is 3.47. The highest BCUT2D eigenvalue weighted by Crippen LogP contribution is 2.11. The van der Waals surface area contributed by atoms with Crippen LogP contribution in [0.2, 0.25) is 0 Å². The van der Waals surface area contributed by atoms with Gasteiger partial charge in [0.25, 0.3) is 5.91 Å². The predicted octanol–water partition coefficient (Wildman–Crippen LogP) is 1.72. The highest BCUT2D eigenvalue weighted by atomic mass is 35.5. The molecule has 1 fully saturated rings. The average molecular weight is 335 g/mol. The Bertz CT molecular complexity index is 419. The Morgan fingerprint density at radius 3 is 2.71 bits per heavy atom. The minimum atomic E-state index is -0.0382. The van der Waals surface area contributed by atoms with Crippen LogP contribution in [0.3, 0.4) is 0 Å². The van der Waals surface area contributed by atoms with Crippen molar-refractivity contribution < 1.29 is 4.79 Å². The lowest BCUT2D eigenvalue weighted by Gasteiger charge is -2.12. The van der Waals surface area contributed by atoms with Crippen LogP contribution in [0, 0.1) is 5.92 Å². The Morgan fingerprint density at radius 2 is 2.19 bits per heavy atom. The summed E-state index contributed by atoms with van der Waals surface area (Å²) in [7, 11) is 3.86. The molecular formula is C14H24Cl2N4O. The minimum absolute atomic E-state index is 0. The number of hydrogen-bond acceptors (Lipinski definition) is 4. The second-order valence-electron chi connectivity index (χ2n) is 5.20. The molecule has 21 heavy (non-hydrogen) atoms. The van der Waals surface area contributed by atoms with Crippen LogP contribution in [0.1, 0.15) is 23.2 Å². The lowest BCUT2D eigenvalue weighted by Crippen LogP contribution is -2.26. The molecule has 1 saturated heterocycles. The van der Waals surface area contributed by atoms with Crippen molar-refractivity contribution in [1.82, 2.24) is 15.6 Å². The van der Waals surface area contributed by atoms with Crippen LogP contribution in [-0.2, 0) is 0 Å². The lowest BCUT2D eigenvalue weighted by molar-refractivity contribution is 0.0951. The summed E-state index contributed by atoms with van der Waals surface area (Å²) in [6.45, 7) is 2.92. The molecule has 2 N–H and O–H groups in total. The maximum absolute atomic E-state index is 11.9. The van der Waals surface area contributed by atoms with Crippen LogP contribution in [0.25, 0.3) is 0 Å². The van der Waals surface area contributed by atoms with Gasteiger partial charge in [-0.2, -0.15) is 0 Å². The van der Waals surface area contributed by atoms with E-state index in [1.54, 1.807) is 6.20 Å². The van der Waals surface area contributed by atoms with E-state index in [0.29, 0.717) is 11.5 Å². The zero-order valence-electron chi connectivity index (χ0n) is 12.5. The van der Waals surface area contributed by atoms with E-state index >= 15 is 0 Å². The Balaban J connectivity index is 0.00000200. The molecule has 7 heteroatoms. The van der Waals surface area contributed by atoms with Crippen LogP contribution in [0.15, 0.2) is 18.3 Å². The Kier molecular flexibility index (Phi) is 9.33. The van der Waals surface area contributed by atoms with Crippen molar-refractivity contribution in [2.24, 2.45) is 5.92 Å². The topological polar surface area (TPSA) is 57.3 Å². The van der Waals surface area contributed by atoms with Crippen LogP contribution >= 0.6 is 24.8 Å². The number of anilines is 1. The summed E-state index contributed by atoms with van der Waals surface area (Å²) in [6.07, 6.45) is 3.89. The number of carbonyl (C=O) groups is 1. The number of rotatable bonds is 5. The van der Waals surface area contributed by atoms with Gasteiger partial charge in [-0.25, -0.2) is 4.98 Å². The summed E-state index contributed by atoms with van der Waals surface area (Å²) >= 11 is 0. The molecule has 1 aromatic heterocycles. The summed E-state index contributed by atoms with van der Waals surface area (Å²) in [5, 5.41) is 6.29. The number of amides is 1. The van der Waals surface area contributed by atoms with Gasteiger partial charge < -0.3 is 15.5 Å². The van der Waals surface area contributed by atoms with E-state index in [1.807, 2.05) is 31.1 Å². The first kappa shape index (κ1) is 20.0. The number of carbonyl (C=O) groups excluding carboxylic acids is 1. The number of halogens is 2. The maximum Gasteiger partial charge on any atom is 0.252 e. The molecule has 0 aromatic carbocycles. The van der Waals surface area contributed by atoms with Gasteiger partial charge in [-0.15, -0.1) is 24.8 Å². The summed E-state index contributed by atoms with van der Waals surface area (Å²) in [5.74, 6) is 1.52. The van der Waals surface area contributed by atoms with Gasteiger partial charge in [0, 0.05) is 26.8 Å². The molecule has 0 spiro atoms. The van der Waals surface area contributed by atoms with Crippen molar-refractivity contribution in [2.45, 2.75) is 12.8 Å². The molecular weight excluding hydrogens is 311 g/mol. The van der Waals surface area contributed by atoms with Gasteiger partial charge in [0.05, 0.1) is 5.56 Å². The highest BCUT2D eigenvalue weighted by Gasteiger charge is 2.14. The molecule has 0 saturated carbocycles. The zero-order valence-corrected chi connectivity index (χ0v) is 14.1. The van der Waals surface area contributed by atoms with Crippen molar-refractivity contribution >= 4 is 36.5 Å². The van der Waals surface area contributed by atoms with Gasteiger partial charge in [-0.3, -0.25) is 4.79 Å². The molecule has 0 aliphatic carbocycles. The standard InChI is InChI=1S/C14H22N4O.2ClH/c1-18(2)13-4-3-12(10-17-13)14(19)16-8-6-11-5-7-15-9-11;;/h3-4,10-11,15H,5-9H2,1-2H3,(H,16,19);2*1H. The van der Waals surface area contributed by atoms with Crippen molar-refractivity contribution in [3.63, 3.8) is 0 Å². The molecule has 1 aromatic rings. The lowest BCUT2D eigenvalue weighted by atomic mass is 10.1. The Hall–Kier alpha value is -1.04. The molecule has 0 bridgehead atoms. The molecule has 2 rings (SSSR count). The van der Waals surface area contributed by atoms with Crippen LogP contribution in [0.5, 0.6) is 0 Å². The van der Waals surface area contributed by atoms with E-state index < -0.39 is 0 Å². The normalized spacial score (nSPS) is 16.6. The number of nitrogens with one attached hydrogen (secondary N) is 2. The van der Waals surface area contributed by atoms with E-state index in [9.17, 15) is 4.79 Å². The average Bonchev–Trinajstić information content (AvgIpc) is 2.92. The van der Waals surface area contributed by atoms with Crippen molar-refractivity contribution in [1.29, 1.82) is 0 Å². The van der Waals surface area contributed by atoms with Gasteiger partial charge in [-0.05, 0) is 44.0 Å². The summed E-state index contributed by atoms with van der Waals surface area (Å²) in [6, 6.07) is 3.67. The Morgan fingerprint density at radius 1 is 1.43 bits per heavy atom. The molecule has 1 aliphatic heterocycles. The fourth-order valence-electron chi connectivity index (χ4n) is 2.24. The van der Waals surface area contributed by atoms with E-state index in [-0.39, 0.29) is 30.7 Å². The van der Waals surface area contributed by atoms with E-state index in [1.165, 1.54) is 6.42 Å². The largest absolute Gasteiger partial charge is 0.363 e. The molecule has 120 valence electrons. The van der Waals surface area contributed by atoms with Gasteiger partial charge in [0.15, 0.2) is 0 Å². The molecule has 0 radical (unpaired) electrons. The second kappa shape index (κ2) is 9.82. The third kappa shape index (κ3) is 6.08. The van der Waals surface area contributed by atoms with Gasteiger partial charge in [0.2, 0.25) is 0 Å². The summed E-state index contributed by atoms with van der Waals surface area (Å²) < 4.78 is 0. The first-order chi connectivity index (χ1) is 9.16. The predicted molar refractivity (Wildman–Crippen MR) is 91.0 cm³/mol. The second-order valence-corrected chi connectivity index (χ2v) is 5.20. The van der Waals surface area contributed by atoms with Gasteiger partial charge in [0.1, 0.15) is 5.82 Å². The highest BCUT2D eigenvalue weighted by molar-refractivity contribution is 5.94. The zero-order chi connectivity index (χ0) is 13.7. The number of hydrogen-bond donors (Lipinski definition) is 2. The molecule has 1 atom stereocenters. The first-order valence-electron chi connectivity index (χ1n) is 6.79. The van der Waals surface area contributed by atoms with Crippen LogP contribution in [-0.4, -0.2) is 44.6 Å². The molecule has 5 nitrogen and oxygen atoms in total. The van der Waals surface area contributed by atoms with Crippen molar-refractivity contribution in [3.05, 3.63) is 23.9 Å². The van der Waals surface area contributed by atoms with E-state index in [4.69, 9.17) is 0 Å². The maximum atomic E-state index is 11.9. The number of aromatic nitrogens is 1. The fourth-order valence-corrected chi connectivity index (χ4v) is 2.24. The van der Waals surface area contributed by atoms with Gasteiger partial charge >= 0.3 is 0 Å². The first-order valence-corrected chi connectivity index (χ1v) is 6.79. The third-order valence-electron chi connectivity index (χ3n) is 3.47. The summed E-state index contributed by atoms with van der Waals surface area (Å²) in [5.41, 5.74) is 0.621. The minimum Gasteiger partial charge on any atom is -0.363 e. The smallest absolute Gasteiger partial charge is 0.252 e. The van der Waals surface area contributed by atoms with Crippen LogP contribution in [0.4, 0.5) is 5.82 Å². The SMILES string of the molecule is CN(C)c1ccc(C(=O)NCCC2CCNC2)cn1.Cl.Cl. The molecule has 2 heterocycles.